The van der Waals surface area contributed by atoms with Crippen molar-refractivity contribution in [3.05, 3.63) is 58.6 Å². The summed E-state index contributed by atoms with van der Waals surface area (Å²) in [5.74, 6) is -0.242. The van der Waals surface area contributed by atoms with Crippen molar-refractivity contribution in [1.29, 1.82) is 0 Å². The maximum atomic E-state index is 12.4. The van der Waals surface area contributed by atoms with Crippen LogP contribution >= 0.6 is 15.9 Å². The van der Waals surface area contributed by atoms with Gasteiger partial charge in [-0.1, -0.05) is 40.2 Å². The summed E-state index contributed by atoms with van der Waals surface area (Å²) >= 11 is 3.35. The minimum atomic E-state index is -3.71. The molecule has 0 amide bonds. The molecule has 0 saturated heterocycles. The molecule has 0 atom stereocenters. The molecule has 20 heavy (non-hydrogen) atoms. The molecule has 0 aromatic heterocycles. The van der Waals surface area contributed by atoms with E-state index in [-0.39, 0.29) is 17.2 Å². The Bertz CT molecular complexity index is 716. The maximum absolute atomic E-state index is 12.4. The summed E-state index contributed by atoms with van der Waals surface area (Å²) in [4.78, 5) is -0.0857. The van der Waals surface area contributed by atoms with Crippen molar-refractivity contribution < 1.29 is 13.5 Å². The topological polar surface area (TPSA) is 57.6 Å². The smallest absolute Gasteiger partial charge is 0.246 e. The van der Waals surface area contributed by atoms with E-state index in [4.69, 9.17) is 0 Å². The second-order valence-corrected chi connectivity index (χ2v) is 7.29. The molecule has 0 heterocycles. The number of sulfonamides is 1. The number of nitrogens with zero attached hydrogens (tertiary/aromatic N) is 1. The molecule has 0 aliphatic rings. The molecule has 6 heteroatoms. The van der Waals surface area contributed by atoms with Crippen LogP contribution in [-0.4, -0.2) is 24.9 Å². The van der Waals surface area contributed by atoms with Crippen LogP contribution in [0.3, 0.4) is 0 Å². The number of hydrogen-bond acceptors (Lipinski definition) is 3. The van der Waals surface area contributed by atoms with Crippen LogP contribution in [0.5, 0.6) is 5.75 Å². The number of benzene rings is 2. The molecule has 106 valence electrons. The van der Waals surface area contributed by atoms with Crippen LogP contribution in [0.2, 0.25) is 0 Å². The fourth-order valence-electron chi connectivity index (χ4n) is 1.82. The Morgan fingerprint density at radius 3 is 2.50 bits per heavy atom. The molecular weight excluding hydrogens is 342 g/mol. The summed E-state index contributed by atoms with van der Waals surface area (Å²) < 4.78 is 26.9. The third kappa shape index (κ3) is 3.20. The van der Waals surface area contributed by atoms with Crippen molar-refractivity contribution in [3.8, 4) is 5.75 Å². The number of phenols is 1. The first-order chi connectivity index (χ1) is 9.41. The Kier molecular flexibility index (Phi) is 4.47. The lowest BCUT2D eigenvalue weighted by Gasteiger charge is -2.18. The standard InChI is InChI=1S/C14H14BrNO3S/c1-16(10-11-5-4-6-12(15)9-11)20(18,19)14-8-3-2-7-13(14)17/h2-9,17H,10H2,1H3. The molecule has 0 aliphatic carbocycles. The second-order valence-electron chi connectivity index (χ2n) is 4.36. The van der Waals surface area contributed by atoms with E-state index in [0.717, 1.165) is 10.0 Å². The van der Waals surface area contributed by atoms with Crippen LogP contribution in [0.1, 0.15) is 5.56 Å². The third-order valence-electron chi connectivity index (χ3n) is 2.85. The van der Waals surface area contributed by atoms with Gasteiger partial charge in [0, 0.05) is 18.1 Å². The van der Waals surface area contributed by atoms with Crippen LogP contribution in [0.4, 0.5) is 0 Å². The van der Waals surface area contributed by atoms with Gasteiger partial charge in [-0.25, -0.2) is 8.42 Å². The highest BCUT2D eigenvalue weighted by molar-refractivity contribution is 9.10. The number of rotatable bonds is 4. The predicted molar refractivity (Wildman–Crippen MR) is 80.9 cm³/mol. The number of halogens is 1. The van der Waals surface area contributed by atoms with E-state index in [0.29, 0.717) is 0 Å². The molecule has 0 aliphatic heterocycles. The van der Waals surface area contributed by atoms with Gasteiger partial charge in [0.25, 0.3) is 0 Å². The molecule has 0 saturated carbocycles. The second kappa shape index (κ2) is 5.95. The predicted octanol–water partition coefficient (Wildman–Crippen LogP) is 2.98. The SMILES string of the molecule is CN(Cc1cccc(Br)c1)S(=O)(=O)c1ccccc1O. The molecule has 0 radical (unpaired) electrons. The van der Waals surface area contributed by atoms with Gasteiger partial charge in [-0.15, -0.1) is 0 Å². The number of para-hydroxylation sites is 1. The Labute approximate surface area is 126 Å². The van der Waals surface area contributed by atoms with E-state index in [1.54, 1.807) is 12.1 Å². The van der Waals surface area contributed by atoms with Gasteiger partial charge in [0.1, 0.15) is 10.6 Å². The van der Waals surface area contributed by atoms with Gasteiger partial charge in [-0.2, -0.15) is 4.31 Å². The van der Waals surface area contributed by atoms with Gasteiger partial charge in [0.15, 0.2) is 0 Å². The molecule has 0 spiro atoms. The normalized spacial score (nSPS) is 11.8. The Morgan fingerprint density at radius 2 is 1.85 bits per heavy atom. The van der Waals surface area contributed by atoms with Crippen LogP contribution in [0, 0.1) is 0 Å². The van der Waals surface area contributed by atoms with Crippen molar-refractivity contribution in [2.24, 2.45) is 0 Å². The van der Waals surface area contributed by atoms with Gasteiger partial charge in [0.05, 0.1) is 0 Å². The highest BCUT2D eigenvalue weighted by Crippen LogP contribution is 2.25. The lowest BCUT2D eigenvalue weighted by atomic mass is 10.2. The molecule has 0 unspecified atom stereocenters. The fraction of sp³-hybridized carbons (Fsp3) is 0.143. The number of aromatic hydroxyl groups is 1. The van der Waals surface area contributed by atoms with Crippen molar-refractivity contribution in [2.45, 2.75) is 11.4 Å². The Hall–Kier alpha value is -1.37. The first kappa shape index (κ1) is 15.0. The average Bonchev–Trinajstić information content (AvgIpc) is 2.39. The fourth-order valence-corrected chi connectivity index (χ4v) is 3.50. The summed E-state index contributed by atoms with van der Waals surface area (Å²) in [5, 5.41) is 9.69. The largest absolute Gasteiger partial charge is 0.507 e. The first-order valence-corrected chi connectivity index (χ1v) is 8.13. The molecular formula is C14H14BrNO3S. The summed E-state index contributed by atoms with van der Waals surface area (Å²) in [6, 6.07) is 13.4. The van der Waals surface area contributed by atoms with E-state index in [2.05, 4.69) is 15.9 Å². The third-order valence-corrected chi connectivity index (χ3v) is 5.19. The van der Waals surface area contributed by atoms with Crippen molar-refractivity contribution >= 4 is 26.0 Å². The zero-order valence-corrected chi connectivity index (χ0v) is 13.2. The van der Waals surface area contributed by atoms with Crippen LogP contribution in [0.15, 0.2) is 57.9 Å². The van der Waals surface area contributed by atoms with Gasteiger partial charge < -0.3 is 5.11 Å². The molecule has 2 aromatic rings. The van der Waals surface area contributed by atoms with Crippen LogP contribution < -0.4 is 0 Å². The van der Waals surface area contributed by atoms with E-state index in [1.807, 2.05) is 24.3 Å². The van der Waals surface area contributed by atoms with E-state index in [1.165, 1.54) is 23.5 Å². The van der Waals surface area contributed by atoms with Crippen molar-refractivity contribution in [2.75, 3.05) is 7.05 Å². The summed E-state index contributed by atoms with van der Waals surface area (Å²) in [7, 11) is -2.22. The Balaban J connectivity index is 2.29. The van der Waals surface area contributed by atoms with Crippen molar-refractivity contribution in [1.82, 2.24) is 4.31 Å². The van der Waals surface area contributed by atoms with Gasteiger partial charge >= 0.3 is 0 Å². The lowest BCUT2D eigenvalue weighted by molar-refractivity contribution is 0.439. The molecule has 1 N–H and O–H groups in total. The number of hydrogen-bond donors (Lipinski definition) is 1. The van der Waals surface area contributed by atoms with Gasteiger partial charge in [0.2, 0.25) is 10.0 Å². The first-order valence-electron chi connectivity index (χ1n) is 5.90. The summed E-state index contributed by atoms with van der Waals surface area (Å²) in [5.41, 5.74) is 0.862. The molecule has 4 nitrogen and oxygen atoms in total. The minimum absolute atomic E-state index is 0.0857. The van der Waals surface area contributed by atoms with E-state index >= 15 is 0 Å². The quantitative estimate of drug-likeness (QED) is 0.916. The molecule has 0 fully saturated rings. The Morgan fingerprint density at radius 1 is 1.15 bits per heavy atom. The summed E-state index contributed by atoms with van der Waals surface area (Å²) in [6.45, 7) is 0.232. The zero-order chi connectivity index (χ0) is 14.8. The number of phenolic OH excluding ortho intramolecular Hbond substituents is 1. The van der Waals surface area contributed by atoms with E-state index in [9.17, 15) is 13.5 Å². The summed E-state index contributed by atoms with van der Waals surface area (Å²) in [6.07, 6.45) is 0. The van der Waals surface area contributed by atoms with Crippen LogP contribution in [-0.2, 0) is 16.6 Å². The molecule has 0 bridgehead atoms. The average molecular weight is 356 g/mol. The molecule has 2 aromatic carbocycles. The van der Waals surface area contributed by atoms with Gasteiger partial charge in [-0.3, -0.25) is 0 Å². The van der Waals surface area contributed by atoms with Crippen LogP contribution in [0.25, 0.3) is 0 Å². The van der Waals surface area contributed by atoms with Crippen molar-refractivity contribution in [3.63, 3.8) is 0 Å². The lowest BCUT2D eigenvalue weighted by Crippen LogP contribution is -2.26. The van der Waals surface area contributed by atoms with E-state index < -0.39 is 10.0 Å². The monoisotopic (exact) mass is 355 g/mol. The highest BCUT2D eigenvalue weighted by atomic mass is 79.9. The highest BCUT2D eigenvalue weighted by Gasteiger charge is 2.23. The maximum Gasteiger partial charge on any atom is 0.246 e. The van der Waals surface area contributed by atoms with Gasteiger partial charge in [-0.05, 0) is 29.8 Å². The minimum Gasteiger partial charge on any atom is -0.507 e. The molecule has 2 rings (SSSR count). The zero-order valence-electron chi connectivity index (χ0n) is 10.8.